The second-order valence-electron chi connectivity index (χ2n) is 5.01. The number of carbonyl (C=O) groups is 1. The molecular weight excluding hydrogens is 216 g/mol. The predicted molar refractivity (Wildman–Crippen MR) is 66.8 cm³/mol. The summed E-state index contributed by atoms with van der Waals surface area (Å²) in [7, 11) is 0. The molecule has 98 valence electrons. The molecule has 0 saturated carbocycles. The number of nitrogens with one attached hydrogen (secondary N) is 1. The highest BCUT2D eigenvalue weighted by Crippen LogP contribution is 2.20. The summed E-state index contributed by atoms with van der Waals surface area (Å²) in [6.07, 6.45) is 4.17. The Hall–Kier alpha value is -0.610. The van der Waals surface area contributed by atoms with E-state index in [1.165, 1.54) is 0 Å². The molecule has 2 saturated heterocycles. The lowest BCUT2D eigenvalue weighted by atomic mass is 9.96. The van der Waals surface area contributed by atoms with Gasteiger partial charge in [0.1, 0.15) is 0 Å². The van der Waals surface area contributed by atoms with Gasteiger partial charge in [-0.05, 0) is 39.2 Å². The number of amides is 1. The summed E-state index contributed by atoms with van der Waals surface area (Å²) in [5, 5.41) is 3.33. The molecule has 0 unspecified atom stereocenters. The first-order valence-electron chi connectivity index (χ1n) is 6.92. The van der Waals surface area contributed by atoms with Gasteiger partial charge >= 0.3 is 0 Å². The van der Waals surface area contributed by atoms with Crippen LogP contribution in [0.2, 0.25) is 0 Å². The van der Waals surface area contributed by atoms with E-state index < -0.39 is 0 Å². The van der Waals surface area contributed by atoms with Gasteiger partial charge in [0.2, 0.25) is 5.91 Å². The second kappa shape index (κ2) is 6.36. The van der Waals surface area contributed by atoms with E-state index in [4.69, 9.17) is 4.74 Å². The van der Waals surface area contributed by atoms with E-state index in [-0.39, 0.29) is 5.92 Å². The van der Waals surface area contributed by atoms with E-state index in [9.17, 15) is 4.79 Å². The molecule has 1 N–H and O–H groups in total. The van der Waals surface area contributed by atoms with Crippen molar-refractivity contribution in [3.8, 4) is 0 Å². The molecule has 2 heterocycles. The fourth-order valence-corrected chi connectivity index (χ4v) is 2.89. The lowest BCUT2D eigenvalue weighted by Gasteiger charge is -2.36. The maximum atomic E-state index is 12.5. The molecule has 2 fully saturated rings. The highest BCUT2D eigenvalue weighted by Gasteiger charge is 2.30. The van der Waals surface area contributed by atoms with Crippen molar-refractivity contribution in [3.05, 3.63) is 0 Å². The molecule has 0 aromatic carbocycles. The molecule has 1 amide bonds. The van der Waals surface area contributed by atoms with E-state index in [2.05, 4.69) is 17.1 Å². The lowest BCUT2D eigenvalue weighted by Crippen LogP contribution is -2.49. The largest absolute Gasteiger partial charge is 0.381 e. The van der Waals surface area contributed by atoms with Crippen LogP contribution in [-0.2, 0) is 9.53 Å². The zero-order valence-corrected chi connectivity index (χ0v) is 10.8. The van der Waals surface area contributed by atoms with Crippen molar-refractivity contribution in [2.24, 2.45) is 5.92 Å². The van der Waals surface area contributed by atoms with Crippen LogP contribution in [0.3, 0.4) is 0 Å². The van der Waals surface area contributed by atoms with Crippen LogP contribution in [0.25, 0.3) is 0 Å². The third-order valence-corrected chi connectivity index (χ3v) is 3.90. The molecule has 0 aromatic rings. The summed E-state index contributed by atoms with van der Waals surface area (Å²) in [6, 6.07) is 0.406. The van der Waals surface area contributed by atoms with Crippen LogP contribution in [-0.4, -0.2) is 49.7 Å². The summed E-state index contributed by atoms with van der Waals surface area (Å²) < 4.78 is 5.37. The molecule has 0 aliphatic carbocycles. The van der Waals surface area contributed by atoms with Crippen molar-refractivity contribution < 1.29 is 9.53 Å². The molecule has 4 heteroatoms. The van der Waals surface area contributed by atoms with Gasteiger partial charge in [-0.15, -0.1) is 0 Å². The molecule has 0 bridgehead atoms. The van der Waals surface area contributed by atoms with Crippen molar-refractivity contribution >= 4 is 5.91 Å². The lowest BCUT2D eigenvalue weighted by molar-refractivity contribution is -0.140. The first-order valence-corrected chi connectivity index (χ1v) is 6.92. The Labute approximate surface area is 104 Å². The normalized spacial score (nSPS) is 26.8. The molecule has 2 rings (SSSR count). The molecule has 0 spiro atoms. The van der Waals surface area contributed by atoms with Gasteiger partial charge < -0.3 is 15.0 Å². The standard InChI is InChI=1S/C13H24N2O2/c1-2-15(12-5-8-17-9-6-12)13(16)11-4-3-7-14-10-11/h11-12,14H,2-10H2,1H3/t11-/m1/s1. The van der Waals surface area contributed by atoms with E-state index in [1.807, 2.05) is 0 Å². The summed E-state index contributed by atoms with van der Waals surface area (Å²) in [4.78, 5) is 14.6. The minimum absolute atomic E-state index is 0.201. The van der Waals surface area contributed by atoms with Crippen molar-refractivity contribution in [2.45, 2.75) is 38.6 Å². The van der Waals surface area contributed by atoms with Gasteiger partial charge in [-0.2, -0.15) is 0 Å². The average Bonchev–Trinajstić information content (AvgIpc) is 2.42. The van der Waals surface area contributed by atoms with Gasteiger partial charge in [-0.3, -0.25) is 4.79 Å². The van der Waals surface area contributed by atoms with Gasteiger partial charge in [0, 0.05) is 32.3 Å². The highest BCUT2D eigenvalue weighted by molar-refractivity contribution is 5.79. The third kappa shape index (κ3) is 3.19. The SMILES string of the molecule is CCN(C(=O)[C@@H]1CCCNC1)C1CCOCC1. The Bertz CT molecular complexity index is 246. The van der Waals surface area contributed by atoms with Gasteiger partial charge in [0.05, 0.1) is 5.92 Å². The molecule has 17 heavy (non-hydrogen) atoms. The number of hydrogen-bond acceptors (Lipinski definition) is 3. The molecule has 0 radical (unpaired) electrons. The van der Waals surface area contributed by atoms with Crippen molar-refractivity contribution in [1.29, 1.82) is 0 Å². The van der Waals surface area contributed by atoms with Crippen LogP contribution < -0.4 is 5.32 Å². The van der Waals surface area contributed by atoms with Crippen LogP contribution in [0.1, 0.15) is 32.6 Å². The van der Waals surface area contributed by atoms with Crippen molar-refractivity contribution in [1.82, 2.24) is 10.2 Å². The second-order valence-corrected chi connectivity index (χ2v) is 5.01. The Balaban J connectivity index is 1.93. The fraction of sp³-hybridized carbons (Fsp3) is 0.923. The third-order valence-electron chi connectivity index (χ3n) is 3.90. The first-order chi connectivity index (χ1) is 8.33. The number of nitrogens with zero attached hydrogens (tertiary/aromatic N) is 1. The summed E-state index contributed by atoms with van der Waals surface area (Å²) in [6.45, 7) is 6.45. The Kier molecular flexibility index (Phi) is 4.80. The topological polar surface area (TPSA) is 41.6 Å². The fourth-order valence-electron chi connectivity index (χ4n) is 2.89. The molecular formula is C13H24N2O2. The van der Waals surface area contributed by atoms with E-state index in [0.29, 0.717) is 11.9 Å². The minimum atomic E-state index is 0.201. The van der Waals surface area contributed by atoms with Crippen LogP contribution in [0.5, 0.6) is 0 Å². The average molecular weight is 240 g/mol. The molecule has 1 atom stereocenters. The zero-order valence-electron chi connectivity index (χ0n) is 10.8. The van der Waals surface area contributed by atoms with E-state index in [1.54, 1.807) is 0 Å². The van der Waals surface area contributed by atoms with Crippen molar-refractivity contribution in [3.63, 3.8) is 0 Å². The minimum Gasteiger partial charge on any atom is -0.381 e. The monoisotopic (exact) mass is 240 g/mol. The van der Waals surface area contributed by atoms with Crippen molar-refractivity contribution in [2.75, 3.05) is 32.8 Å². The Morgan fingerprint density at radius 2 is 2.12 bits per heavy atom. The summed E-state index contributed by atoms with van der Waals surface area (Å²) >= 11 is 0. The number of piperidine rings is 1. The Morgan fingerprint density at radius 1 is 1.35 bits per heavy atom. The number of ether oxygens (including phenoxy) is 1. The quantitative estimate of drug-likeness (QED) is 0.800. The van der Waals surface area contributed by atoms with Crippen LogP contribution >= 0.6 is 0 Å². The van der Waals surface area contributed by atoms with Crippen LogP contribution in [0, 0.1) is 5.92 Å². The predicted octanol–water partition coefficient (Wildman–Crippen LogP) is 1.01. The zero-order chi connectivity index (χ0) is 12.1. The maximum Gasteiger partial charge on any atom is 0.227 e. The molecule has 2 aliphatic rings. The van der Waals surface area contributed by atoms with Gasteiger partial charge in [0.15, 0.2) is 0 Å². The number of carbonyl (C=O) groups excluding carboxylic acids is 1. The van der Waals surface area contributed by atoms with Crippen LogP contribution in [0.15, 0.2) is 0 Å². The smallest absolute Gasteiger partial charge is 0.227 e. The Morgan fingerprint density at radius 3 is 2.71 bits per heavy atom. The van der Waals surface area contributed by atoms with E-state index >= 15 is 0 Å². The number of rotatable bonds is 3. The van der Waals surface area contributed by atoms with Gasteiger partial charge in [-0.1, -0.05) is 0 Å². The van der Waals surface area contributed by atoms with E-state index in [0.717, 1.165) is 58.5 Å². The van der Waals surface area contributed by atoms with Crippen LogP contribution in [0.4, 0.5) is 0 Å². The number of hydrogen-bond donors (Lipinski definition) is 1. The summed E-state index contributed by atoms with van der Waals surface area (Å²) in [5.41, 5.74) is 0. The maximum absolute atomic E-state index is 12.5. The molecule has 2 aliphatic heterocycles. The summed E-state index contributed by atoms with van der Waals surface area (Å²) in [5.74, 6) is 0.554. The molecule has 0 aromatic heterocycles. The first kappa shape index (κ1) is 12.8. The van der Waals surface area contributed by atoms with Gasteiger partial charge in [-0.25, -0.2) is 0 Å². The highest BCUT2D eigenvalue weighted by atomic mass is 16.5. The van der Waals surface area contributed by atoms with Gasteiger partial charge in [0.25, 0.3) is 0 Å². The molecule has 4 nitrogen and oxygen atoms in total.